The zero-order chi connectivity index (χ0) is 10.6. The summed E-state index contributed by atoms with van der Waals surface area (Å²) in [5.41, 5.74) is 1.07. The monoisotopic (exact) mass is 211 g/mol. The number of aryl methyl sites for hydroxylation is 1. The van der Waals surface area contributed by atoms with Crippen molar-refractivity contribution in [3.63, 3.8) is 0 Å². The minimum atomic E-state index is 0.693. The average molecular weight is 211 g/mol. The highest BCUT2D eigenvalue weighted by molar-refractivity contribution is 7.09. The second-order valence-electron chi connectivity index (χ2n) is 3.41. The van der Waals surface area contributed by atoms with Gasteiger partial charge in [-0.1, -0.05) is 6.92 Å². The maximum atomic E-state index is 7.75. The first kappa shape index (κ1) is 11.2. The summed E-state index contributed by atoms with van der Waals surface area (Å²) in [6, 6.07) is 0. The maximum absolute atomic E-state index is 7.75. The highest BCUT2D eigenvalue weighted by Gasteiger charge is 2.06. The van der Waals surface area contributed by atoms with Crippen molar-refractivity contribution in [2.24, 2.45) is 0 Å². The van der Waals surface area contributed by atoms with Gasteiger partial charge in [-0.25, -0.2) is 4.98 Å². The van der Waals surface area contributed by atoms with E-state index in [4.69, 9.17) is 5.41 Å². The quantitative estimate of drug-likeness (QED) is 0.614. The molecule has 1 heterocycles. The summed E-state index contributed by atoms with van der Waals surface area (Å²) in [6.07, 6.45) is 1.87. The van der Waals surface area contributed by atoms with Gasteiger partial charge in [0.1, 0.15) is 0 Å². The molecule has 0 aliphatic rings. The van der Waals surface area contributed by atoms with E-state index < -0.39 is 0 Å². The highest BCUT2D eigenvalue weighted by Crippen LogP contribution is 2.10. The number of amidine groups is 1. The molecule has 0 bridgehead atoms. The summed E-state index contributed by atoms with van der Waals surface area (Å²) in [5.74, 6) is 0.693. The largest absolute Gasteiger partial charge is 0.358 e. The summed E-state index contributed by atoms with van der Waals surface area (Å²) in [5, 5.41) is 10.9. The van der Waals surface area contributed by atoms with Crippen LogP contribution in [0.2, 0.25) is 0 Å². The number of thiazole rings is 1. The molecule has 0 fully saturated rings. The van der Waals surface area contributed by atoms with Gasteiger partial charge < -0.3 is 4.90 Å². The molecule has 0 amide bonds. The van der Waals surface area contributed by atoms with Crippen molar-refractivity contribution in [3.05, 3.63) is 16.1 Å². The Bertz CT molecular complexity index is 306. The third-order valence-corrected chi connectivity index (χ3v) is 2.84. The van der Waals surface area contributed by atoms with Crippen LogP contribution in [0.25, 0.3) is 0 Å². The summed E-state index contributed by atoms with van der Waals surface area (Å²) in [4.78, 5) is 6.33. The smallest absolute Gasteiger partial charge is 0.0958 e. The average Bonchev–Trinajstić information content (AvgIpc) is 2.51. The van der Waals surface area contributed by atoms with Gasteiger partial charge in [-0.05, 0) is 13.3 Å². The lowest BCUT2D eigenvalue weighted by Crippen LogP contribution is -2.25. The number of hydrogen-bond acceptors (Lipinski definition) is 3. The van der Waals surface area contributed by atoms with E-state index in [0.717, 1.165) is 30.1 Å². The molecule has 0 atom stereocenters. The van der Waals surface area contributed by atoms with E-state index in [0.29, 0.717) is 5.84 Å². The van der Waals surface area contributed by atoms with E-state index in [1.54, 1.807) is 11.3 Å². The van der Waals surface area contributed by atoms with Crippen LogP contribution in [0.15, 0.2) is 5.38 Å². The molecule has 0 aliphatic carbocycles. The van der Waals surface area contributed by atoms with Crippen LogP contribution in [0.3, 0.4) is 0 Å². The Kier molecular flexibility index (Phi) is 4.07. The van der Waals surface area contributed by atoms with Crippen LogP contribution in [-0.4, -0.2) is 22.8 Å². The van der Waals surface area contributed by atoms with Gasteiger partial charge in [0.2, 0.25) is 0 Å². The summed E-state index contributed by atoms with van der Waals surface area (Å²) >= 11 is 1.66. The normalized spacial score (nSPS) is 10.2. The third-order valence-electron chi connectivity index (χ3n) is 2.01. The lowest BCUT2D eigenvalue weighted by atomic mass is 10.3. The fourth-order valence-corrected chi connectivity index (χ4v) is 1.85. The van der Waals surface area contributed by atoms with Gasteiger partial charge in [0.25, 0.3) is 0 Å². The fraction of sp³-hybridized carbons (Fsp3) is 0.600. The Balaban J connectivity index is 2.48. The van der Waals surface area contributed by atoms with E-state index in [2.05, 4.69) is 17.3 Å². The number of rotatable bonds is 4. The molecule has 0 aromatic carbocycles. The summed E-state index contributed by atoms with van der Waals surface area (Å²) in [6.45, 7) is 4.85. The predicted molar refractivity (Wildman–Crippen MR) is 61.0 cm³/mol. The van der Waals surface area contributed by atoms with E-state index >= 15 is 0 Å². The van der Waals surface area contributed by atoms with E-state index in [1.807, 2.05) is 18.9 Å². The Morgan fingerprint density at radius 2 is 2.36 bits per heavy atom. The van der Waals surface area contributed by atoms with Gasteiger partial charge in [-0.2, -0.15) is 0 Å². The first-order chi connectivity index (χ1) is 6.63. The van der Waals surface area contributed by atoms with Crippen LogP contribution in [0.4, 0.5) is 0 Å². The Morgan fingerprint density at radius 1 is 1.64 bits per heavy atom. The minimum absolute atomic E-state index is 0.693. The molecular weight excluding hydrogens is 194 g/mol. The fourth-order valence-electron chi connectivity index (χ4n) is 1.25. The van der Waals surface area contributed by atoms with Gasteiger partial charge in [-0.3, -0.25) is 5.41 Å². The minimum Gasteiger partial charge on any atom is -0.358 e. The van der Waals surface area contributed by atoms with Gasteiger partial charge in [0.15, 0.2) is 0 Å². The molecule has 0 aliphatic heterocycles. The van der Waals surface area contributed by atoms with Crippen LogP contribution >= 0.6 is 11.3 Å². The van der Waals surface area contributed by atoms with Gasteiger partial charge in [0.05, 0.1) is 23.1 Å². The zero-order valence-corrected chi connectivity index (χ0v) is 9.82. The molecule has 4 heteroatoms. The van der Waals surface area contributed by atoms with Crippen LogP contribution in [0.5, 0.6) is 0 Å². The number of hydrogen-bond donors (Lipinski definition) is 1. The third kappa shape index (κ3) is 3.10. The van der Waals surface area contributed by atoms with Crippen LogP contribution in [-0.2, 0) is 6.54 Å². The number of aromatic nitrogens is 1. The number of nitrogens with zero attached hydrogens (tertiary/aromatic N) is 2. The van der Waals surface area contributed by atoms with E-state index in [1.165, 1.54) is 0 Å². The van der Waals surface area contributed by atoms with Gasteiger partial charge in [-0.15, -0.1) is 11.3 Å². The molecule has 78 valence electrons. The molecule has 1 N–H and O–H groups in total. The summed E-state index contributed by atoms with van der Waals surface area (Å²) < 4.78 is 0. The molecule has 1 aromatic rings. The van der Waals surface area contributed by atoms with Crippen LogP contribution in [0.1, 0.15) is 30.5 Å². The Hall–Kier alpha value is -0.900. The SMILES string of the molecule is CCCC(=N)N(C)Cc1csc(C)n1. The molecular formula is C10H17N3S. The van der Waals surface area contributed by atoms with Crippen LogP contribution in [0, 0.1) is 12.3 Å². The Labute approximate surface area is 89.3 Å². The number of nitrogens with one attached hydrogen (secondary N) is 1. The van der Waals surface area contributed by atoms with Crippen molar-refractivity contribution in [2.45, 2.75) is 33.2 Å². The van der Waals surface area contributed by atoms with Gasteiger partial charge in [0, 0.05) is 18.8 Å². The first-order valence-corrected chi connectivity index (χ1v) is 5.71. The lowest BCUT2D eigenvalue weighted by Gasteiger charge is -2.18. The van der Waals surface area contributed by atoms with Crippen molar-refractivity contribution in [1.29, 1.82) is 5.41 Å². The highest BCUT2D eigenvalue weighted by atomic mass is 32.1. The van der Waals surface area contributed by atoms with Crippen LogP contribution < -0.4 is 0 Å². The standard InChI is InChI=1S/C10H17N3S/c1-4-5-10(11)13(3)6-9-7-14-8(2)12-9/h7,11H,4-6H2,1-3H3. The van der Waals surface area contributed by atoms with Crippen molar-refractivity contribution in [2.75, 3.05) is 7.05 Å². The molecule has 1 aromatic heterocycles. The molecule has 0 spiro atoms. The second kappa shape index (κ2) is 5.10. The van der Waals surface area contributed by atoms with Crippen molar-refractivity contribution in [3.8, 4) is 0 Å². The maximum Gasteiger partial charge on any atom is 0.0958 e. The molecule has 3 nitrogen and oxygen atoms in total. The van der Waals surface area contributed by atoms with Gasteiger partial charge >= 0.3 is 0 Å². The zero-order valence-electron chi connectivity index (χ0n) is 9.00. The van der Waals surface area contributed by atoms with E-state index in [-0.39, 0.29) is 0 Å². The first-order valence-electron chi connectivity index (χ1n) is 4.83. The molecule has 14 heavy (non-hydrogen) atoms. The van der Waals surface area contributed by atoms with Crippen molar-refractivity contribution >= 4 is 17.2 Å². The van der Waals surface area contributed by atoms with Crippen molar-refractivity contribution in [1.82, 2.24) is 9.88 Å². The predicted octanol–water partition coefficient (Wildman–Crippen LogP) is 2.66. The second-order valence-corrected chi connectivity index (χ2v) is 4.47. The molecule has 0 saturated carbocycles. The van der Waals surface area contributed by atoms with Crippen molar-refractivity contribution < 1.29 is 0 Å². The molecule has 0 unspecified atom stereocenters. The van der Waals surface area contributed by atoms with E-state index in [9.17, 15) is 0 Å². The molecule has 0 saturated heterocycles. The topological polar surface area (TPSA) is 40.0 Å². The summed E-state index contributed by atoms with van der Waals surface area (Å²) in [7, 11) is 1.95. The Morgan fingerprint density at radius 3 is 2.86 bits per heavy atom. The molecule has 0 radical (unpaired) electrons. The lowest BCUT2D eigenvalue weighted by molar-refractivity contribution is 0.477. The molecule has 1 rings (SSSR count).